The maximum absolute atomic E-state index is 12.6. The van der Waals surface area contributed by atoms with E-state index < -0.39 is 4.92 Å². The molecule has 1 aromatic rings. The van der Waals surface area contributed by atoms with Crippen molar-refractivity contribution in [3.8, 4) is 0 Å². The minimum atomic E-state index is -0.517. The third-order valence-corrected chi connectivity index (χ3v) is 5.45. The zero-order valence-electron chi connectivity index (χ0n) is 13.6. The van der Waals surface area contributed by atoms with E-state index >= 15 is 0 Å². The summed E-state index contributed by atoms with van der Waals surface area (Å²) in [5, 5.41) is 10.6. The number of imidazole rings is 1. The lowest BCUT2D eigenvalue weighted by atomic mass is 9.72. The van der Waals surface area contributed by atoms with E-state index in [9.17, 15) is 14.9 Å². The first-order chi connectivity index (χ1) is 11.1. The van der Waals surface area contributed by atoms with E-state index in [0.717, 1.165) is 19.4 Å². The first kappa shape index (κ1) is 16.0. The van der Waals surface area contributed by atoms with Gasteiger partial charge in [-0.05, 0) is 41.0 Å². The van der Waals surface area contributed by atoms with Crippen LogP contribution in [0.25, 0.3) is 0 Å². The molecular formula is C16H24N4O3. The molecule has 0 N–H and O–H groups in total. The minimum absolute atomic E-state index is 0.170. The van der Waals surface area contributed by atoms with Gasteiger partial charge in [0.2, 0.25) is 12.2 Å². The highest BCUT2D eigenvalue weighted by Crippen LogP contribution is 2.38. The molecule has 23 heavy (non-hydrogen) atoms. The van der Waals surface area contributed by atoms with Crippen molar-refractivity contribution >= 4 is 11.7 Å². The highest BCUT2D eigenvalue weighted by atomic mass is 16.6. The van der Waals surface area contributed by atoms with E-state index in [4.69, 9.17) is 0 Å². The summed E-state index contributed by atoms with van der Waals surface area (Å²) < 4.78 is 1.63. The van der Waals surface area contributed by atoms with E-state index in [1.165, 1.54) is 31.8 Å². The lowest BCUT2D eigenvalue weighted by molar-refractivity contribution is -0.389. The zero-order valence-corrected chi connectivity index (χ0v) is 13.6. The monoisotopic (exact) mass is 320 g/mol. The number of aryl methyl sites for hydroxylation is 1. The molecule has 2 heterocycles. The van der Waals surface area contributed by atoms with Crippen molar-refractivity contribution in [3.63, 3.8) is 0 Å². The fourth-order valence-corrected chi connectivity index (χ4v) is 4.16. The van der Waals surface area contributed by atoms with E-state index in [0.29, 0.717) is 30.8 Å². The number of hydrogen-bond donors (Lipinski definition) is 0. The van der Waals surface area contributed by atoms with Gasteiger partial charge in [-0.25, -0.2) is 0 Å². The first-order valence-electron chi connectivity index (χ1n) is 8.52. The number of hydrogen-bond acceptors (Lipinski definition) is 4. The summed E-state index contributed by atoms with van der Waals surface area (Å²) in [5.74, 6) is 1.36. The molecular weight excluding hydrogens is 296 g/mol. The van der Waals surface area contributed by atoms with Gasteiger partial charge in [0.25, 0.3) is 0 Å². The summed E-state index contributed by atoms with van der Waals surface area (Å²) in [6.45, 7) is 3.61. The molecule has 0 spiro atoms. The van der Waals surface area contributed by atoms with Crippen LogP contribution in [0.2, 0.25) is 0 Å². The van der Waals surface area contributed by atoms with Crippen LogP contribution >= 0.6 is 0 Å². The molecule has 1 saturated carbocycles. The summed E-state index contributed by atoms with van der Waals surface area (Å²) in [5.41, 5.74) is 0. The van der Waals surface area contributed by atoms with Crippen molar-refractivity contribution in [2.24, 2.45) is 11.8 Å². The molecule has 0 radical (unpaired) electrons. The molecule has 126 valence electrons. The Balaban J connectivity index is 1.59. The Bertz CT molecular complexity index is 586. The average Bonchev–Trinajstić information content (AvgIpc) is 3.02. The van der Waals surface area contributed by atoms with Gasteiger partial charge >= 0.3 is 5.82 Å². The quantitative estimate of drug-likeness (QED) is 0.631. The maximum Gasteiger partial charge on any atom is 0.381 e. The van der Waals surface area contributed by atoms with Gasteiger partial charge in [-0.15, -0.1) is 0 Å². The number of piperidine rings is 1. The highest BCUT2D eigenvalue weighted by molar-refractivity contribution is 5.76. The molecule has 1 amide bonds. The van der Waals surface area contributed by atoms with Crippen molar-refractivity contribution in [2.45, 2.75) is 58.0 Å². The molecule has 1 aliphatic carbocycles. The lowest BCUT2D eigenvalue weighted by Gasteiger charge is -2.47. The van der Waals surface area contributed by atoms with E-state index in [2.05, 4.69) is 16.8 Å². The van der Waals surface area contributed by atoms with Crippen LogP contribution in [0.4, 0.5) is 5.82 Å². The fourth-order valence-electron chi connectivity index (χ4n) is 4.16. The Morgan fingerprint density at radius 1 is 1.39 bits per heavy atom. The summed E-state index contributed by atoms with van der Waals surface area (Å²) in [6.07, 6.45) is 9.13. The molecule has 1 saturated heterocycles. The van der Waals surface area contributed by atoms with Crippen molar-refractivity contribution in [1.82, 2.24) is 14.5 Å². The average molecular weight is 320 g/mol. The smallest absolute Gasteiger partial charge is 0.358 e. The number of likely N-dealkylation sites (tertiary alicyclic amines) is 1. The van der Waals surface area contributed by atoms with Gasteiger partial charge in [-0.3, -0.25) is 4.79 Å². The predicted octanol–water partition coefficient (Wildman–Crippen LogP) is 2.61. The first-order valence-corrected chi connectivity index (χ1v) is 8.52. The number of nitrogens with zero attached hydrogens (tertiary/aromatic N) is 4. The second-order valence-corrected chi connectivity index (χ2v) is 6.85. The Labute approximate surface area is 135 Å². The number of nitro groups is 1. The van der Waals surface area contributed by atoms with Crippen LogP contribution in [-0.2, 0) is 11.3 Å². The van der Waals surface area contributed by atoms with Gasteiger partial charge in [-0.2, -0.15) is 0 Å². The van der Waals surface area contributed by atoms with Crippen LogP contribution in [0, 0.1) is 22.0 Å². The minimum Gasteiger partial charge on any atom is -0.358 e. The lowest BCUT2D eigenvalue weighted by Crippen LogP contribution is -2.52. The Morgan fingerprint density at radius 2 is 2.17 bits per heavy atom. The SMILES string of the molecule is C[C@@H]1CCN(C(=O)CCn2cnc([N+](=O)[O-])c2)[C@@H]2CCCC[C@H]12. The molecule has 1 aromatic heterocycles. The van der Waals surface area contributed by atoms with Crippen LogP contribution in [0.1, 0.15) is 45.4 Å². The number of rotatable bonds is 4. The summed E-state index contributed by atoms with van der Waals surface area (Å²) in [6, 6.07) is 0.400. The Hall–Kier alpha value is -1.92. The third kappa shape index (κ3) is 3.38. The van der Waals surface area contributed by atoms with Crippen LogP contribution in [0.3, 0.4) is 0 Å². The van der Waals surface area contributed by atoms with Crippen LogP contribution in [0.5, 0.6) is 0 Å². The Morgan fingerprint density at radius 3 is 2.91 bits per heavy atom. The van der Waals surface area contributed by atoms with Crippen LogP contribution in [0.15, 0.2) is 12.5 Å². The van der Waals surface area contributed by atoms with Gasteiger partial charge in [0.05, 0.1) is 0 Å². The van der Waals surface area contributed by atoms with Crippen LogP contribution in [-0.4, -0.2) is 37.9 Å². The van der Waals surface area contributed by atoms with E-state index in [1.807, 2.05) is 0 Å². The number of carbonyl (C=O) groups excluding carboxylic acids is 1. The Kier molecular flexibility index (Phi) is 4.63. The third-order valence-electron chi connectivity index (χ3n) is 5.45. The van der Waals surface area contributed by atoms with Gasteiger partial charge in [-0.1, -0.05) is 19.8 Å². The van der Waals surface area contributed by atoms with Gasteiger partial charge in [0, 0.05) is 25.6 Å². The molecule has 3 rings (SSSR count). The maximum atomic E-state index is 12.6. The molecule has 0 aromatic carbocycles. The number of amides is 1. The second kappa shape index (κ2) is 6.68. The van der Waals surface area contributed by atoms with Crippen molar-refractivity contribution in [1.29, 1.82) is 0 Å². The van der Waals surface area contributed by atoms with Crippen molar-refractivity contribution < 1.29 is 9.72 Å². The normalized spacial score (nSPS) is 27.5. The van der Waals surface area contributed by atoms with Gasteiger partial charge in [0.15, 0.2) is 0 Å². The molecule has 0 unspecified atom stereocenters. The topological polar surface area (TPSA) is 81.3 Å². The van der Waals surface area contributed by atoms with E-state index in [-0.39, 0.29) is 11.7 Å². The highest BCUT2D eigenvalue weighted by Gasteiger charge is 2.39. The molecule has 7 heteroatoms. The summed E-state index contributed by atoms with van der Waals surface area (Å²) in [7, 11) is 0. The van der Waals surface area contributed by atoms with E-state index in [1.54, 1.807) is 4.57 Å². The molecule has 3 atom stereocenters. The zero-order chi connectivity index (χ0) is 16.4. The van der Waals surface area contributed by atoms with Crippen LogP contribution < -0.4 is 0 Å². The van der Waals surface area contributed by atoms with Crippen molar-refractivity contribution in [2.75, 3.05) is 6.54 Å². The molecule has 2 aliphatic rings. The van der Waals surface area contributed by atoms with Crippen molar-refractivity contribution in [3.05, 3.63) is 22.6 Å². The number of carbonyl (C=O) groups is 1. The standard InChI is InChI=1S/C16H24N4O3/c1-12-6-9-19(14-5-3-2-4-13(12)14)16(21)7-8-18-10-15(17-11-18)20(22)23/h10-14H,2-9H2,1H3/t12-,13-,14-/m1/s1. The molecule has 0 bridgehead atoms. The molecule has 1 aliphatic heterocycles. The van der Waals surface area contributed by atoms with Gasteiger partial charge in [0.1, 0.15) is 6.20 Å². The fraction of sp³-hybridized carbons (Fsp3) is 0.750. The predicted molar refractivity (Wildman–Crippen MR) is 84.7 cm³/mol. The molecule has 7 nitrogen and oxygen atoms in total. The van der Waals surface area contributed by atoms with Gasteiger partial charge < -0.3 is 19.6 Å². The number of fused-ring (bicyclic) bond motifs is 1. The summed E-state index contributed by atoms with van der Waals surface area (Å²) >= 11 is 0. The second-order valence-electron chi connectivity index (χ2n) is 6.85. The summed E-state index contributed by atoms with van der Waals surface area (Å²) in [4.78, 5) is 28.6. The number of aromatic nitrogens is 2. The molecule has 2 fully saturated rings. The largest absolute Gasteiger partial charge is 0.381 e.